The molecule has 0 bridgehead atoms. The first-order valence-corrected chi connectivity index (χ1v) is 8.63. The predicted octanol–water partition coefficient (Wildman–Crippen LogP) is 2.42. The zero-order valence-electron chi connectivity index (χ0n) is 16.5. The Labute approximate surface area is 159 Å². The van der Waals surface area contributed by atoms with Gasteiger partial charge in [-0.1, -0.05) is 30.3 Å². The normalized spacial score (nSPS) is 12.0. The van der Waals surface area contributed by atoms with Crippen LogP contribution < -0.4 is 5.32 Å². The molecule has 0 aliphatic rings. The van der Waals surface area contributed by atoms with Crippen LogP contribution in [0.15, 0.2) is 30.3 Å². The average molecular weight is 380 g/mol. The van der Waals surface area contributed by atoms with E-state index in [1.54, 1.807) is 20.8 Å². The predicted molar refractivity (Wildman–Crippen MR) is 98.4 cm³/mol. The molecule has 1 unspecified atom stereocenters. The third-order valence-corrected chi connectivity index (χ3v) is 3.47. The lowest BCUT2D eigenvalue weighted by molar-refractivity contribution is -0.169. The zero-order chi connectivity index (χ0) is 20.4. The molecule has 0 aliphatic heterocycles. The van der Waals surface area contributed by atoms with Gasteiger partial charge in [0.25, 0.3) is 0 Å². The van der Waals surface area contributed by atoms with Crippen molar-refractivity contribution in [3.05, 3.63) is 35.9 Å². The highest BCUT2D eigenvalue weighted by molar-refractivity contribution is 5.82. The Bertz CT molecular complexity index is 627. The van der Waals surface area contributed by atoms with Crippen LogP contribution in [0.5, 0.6) is 0 Å². The van der Waals surface area contributed by atoms with Gasteiger partial charge in [-0.25, -0.2) is 14.7 Å². The topological polar surface area (TPSA) is 94.2 Å². The molecular formula is C19H28N2O6. The molecule has 2 amide bonds. The van der Waals surface area contributed by atoms with Gasteiger partial charge in [0.05, 0.1) is 7.11 Å². The highest BCUT2D eigenvalue weighted by Crippen LogP contribution is 2.10. The number of esters is 1. The van der Waals surface area contributed by atoms with Crippen molar-refractivity contribution in [2.75, 3.05) is 14.2 Å². The smallest absolute Gasteiger partial charge is 0.408 e. The minimum absolute atomic E-state index is 0.00869. The van der Waals surface area contributed by atoms with Crippen molar-refractivity contribution in [3.63, 3.8) is 0 Å². The van der Waals surface area contributed by atoms with E-state index in [4.69, 9.17) is 14.3 Å². The molecule has 0 fully saturated rings. The summed E-state index contributed by atoms with van der Waals surface area (Å²) < 4.78 is 10.5. The first-order valence-electron chi connectivity index (χ1n) is 8.63. The first kappa shape index (κ1) is 22.4. The number of nitrogens with zero attached hydrogens (tertiary/aromatic N) is 1. The molecule has 8 heteroatoms. The Morgan fingerprint density at radius 1 is 1.15 bits per heavy atom. The number of amides is 2. The summed E-state index contributed by atoms with van der Waals surface area (Å²) in [4.78, 5) is 41.2. The van der Waals surface area contributed by atoms with Crippen LogP contribution in [-0.4, -0.2) is 48.8 Å². The lowest BCUT2D eigenvalue weighted by Crippen LogP contribution is -2.44. The van der Waals surface area contributed by atoms with Crippen molar-refractivity contribution in [2.45, 2.75) is 51.9 Å². The largest absolute Gasteiger partial charge is 0.459 e. The van der Waals surface area contributed by atoms with E-state index in [1.807, 2.05) is 30.3 Å². The molecule has 0 saturated heterocycles. The van der Waals surface area contributed by atoms with Crippen LogP contribution in [0.25, 0.3) is 0 Å². The van der Waals surface area contributed by atoms with E-state index in [2.05, 4.69) is 5.32 Å². The number of hydrogen-bond acceptors (Lipinski definition) is 6. The maximum Gasteiger partial charge on any atom is 0.408 e. The second-order valence-electron chi connectivity index (χ2n) is 6.90. The average Bonchev–Trinajstić information content (AvgIpc) is 2.61. The van der Waals surface area contributed by atoms with Crippen molar-refractivity contribution in [1.29, 1.82) is 0 Å². The molecule has 1 atom stereocenters. The Hall–Kier alpha value is -2.61. The van der Waals surface area contributed by atoms with E-state index in [-0.39, 0.29) is 25.4 Å². The van der Waals surface area contributed by atoms with E-state index in [1.165, 1.54) is 14.2 Å². The molecule has 1 aromatic carbocycles. The van der Waals surface area contributed by atoms with Gasteiger partial charge in [0.2, 0.25) is 5.91 Å². The summed E-state index contributed by atoms with van der Waals surface area (Å²) in [5, 5.41) is 3.53. The molecule has 1 aromatic rings. The Morgan fingerprint density at radius 2 is 1.78 bits per heavy atom. The maximum atomic E-state index is 12.4. The summed E-state index contributed by atoms with van der Waals surface area (Å²) in [5.74, 6) is -0.970. The van der Waals surface area contributed by atoms with Gasteiger partial charge < -0.3 is 14.8 Å². The number of hydroxylamine groups is 2. The standard InChI is InChI=1S/C19H28N2O6/c1-19(2,3)27-18(24)20-15(11-12-16(22)21(4)25-5)17(23)26-13-14-9-7-6-8-10-14/h6-10,15H,11-13H2,1-5H3,(H,20,24). The summed E-state index contributed by atoms with van der Waals surface area (Å²) in [6.07, 6.45) is -0.707. The Balaban J connectivity index is 2.71. The molecule has 0 radical (unpaired) electrons. The molecule has 0 saturated carbocycles. The van der Waals surface area contributed by atoms with Crippen molar-refractivity contribution in [3.8, 4) is 0 Å². The van der Waals surface area contributed by atoms with Gasteiger partial charge in [0.1, 0.15) is 18.2 Å². The van der Waals surface area contributed by atoms with Crippen molar-refractivity contribution in [1.82, 2.24) is 10.4 Å². The van der Waals surface area contributed by atoms with E-state index in [0.717, 1.165) is 10.6 Å². The number of carbonyl (C=O) groups excluding carboxylic acids is 3. The van der Waals surface area contributed by atoms with Crippen LogP contribution >= 0.6 is 0 Å². The summed E-state index contributed by atoms with van der Waals surface area (Å²) >= 11 is 0. The van der Waals surface area contributed by atoms with Crippen LogP contribution in [0.4, 0.5) is 4.79 Å². The number of ether oxygens (including phenoxy) is 2. The second kappa shape index (κ2) is 10.5. The molecule has 0 aliphatic carbocycles. The fourth-order valence-corrected chi connectivity index (χ4v) is 2.06. The van der Waals surface area contributed by atoms with Gasteiger partial charge >= 0.3 is 12.1 Å². The summed E-state index contributed by atoms with van der Waals surface area (Å²) in [6.45, 7) is 5.21. The fraction of sp³-hybridized carbons (Fsp3) is 0.526. The minimum Gasteiger partial charge on any atom is -0.459 e. The van der Waals surface area contributed by atoms with Gasteiger partial charge in [-0.2, -0.15) is 0 Å². The molecule has 1 rings (SSSR count). The van der Waals surface area contributed by atoms with E-state index in [0.29, 0.717) is 0 Å². The fourth-order valence-electron chi connectivity index (χ4n) is 2.06. The van der Waals surface area contributed by atoms with E-state index in [9.17, 15) is 14.4 Å². The second-order valence-corrected chi connectivity index (χ2v) is 6.90. The van der Waals surface area contributed by atoms with Gasteiger partial charge in [-0.05, 0) is 32.8 Å². The highest BCUT2D eigenvalue weighted by Gasteiger charge is 2.26. The van der Waals surface area contributed by atoms with Crippen molar-refractivity contribution in [2.24, 2.45) is 0 Å². The number of rotatable bonds is 8. The number of nitrogens with one attached hydrogen (secondary N) is 1. The van der Waals surface area contributed by atoms with Gasteiger partial charge in [0, 0.05) is 13.5 Å². The Morgan fingerprint density at radius 3 is 2.33 bits per heavy atom. The maximum absolute atomic E-state index is 12.4. The van der Waals surface area contributed by atoms with E-state index < -0.39 is 23.7 Å². The monoisotopic (exact) mass is 380 g/mol. The molecule has 27 heavy (non-hydrogen) atoms. The van der Waals surface area contributed by atoms with Gasteiger partial charge in [-0.3, -0.25) is 9.63 Å². The summed E-state index contributed by atoms with van der Waals surface area (Å²) in [6, 6.07) is 8.15. The van der Waals surface area contributed by atoms with Crippen LogP contribution in [0.3, 0.4) is 0 Å². The molecule has 8 nitrogen and oxygen atoms in total. The number of alkyl carbamates (subject to hydrolysis) is 1. The quantitative estimate of drug-likeness (QED) is 0.550. The lowest BCUT2D eigenvalue weighted by atomic mass is 10.1. The van der Waals surface area contributed by atoms with Crippen LogP contribution in [0.2, 0.25) is 0 Å². The Kier molecular flexibility index (Phi) is 8.74. The third kappa shape index (κ3) is 9.05. The SMILES string of the molecule is CON(C)C(=O)CCC(NC(=O)OC(C)(C)C)C(=O)OCc1ccccc1. The van der Waals surface area contributed by atoms with Crippen LogP contribution in [0, 0.1) is 0 Å². The third-order valence-electron chi connectivity index (χ3n) is 3.47. The van der Waals surface area contributed by atoms with E-state index >= 15 is 0 Å². The molecule has 0 aromatic heterocycles. The lowest BCUT2D eigenvalue weighted by Gasteiger charge is -2.23. The molecule has 0 spiro atoms. The number of hydrogen-bond donors (Lipinski definition) is 1. The van der Waals surface area contributed by atoms with Gasteiger partial charge in [-0.15, -0.1) is 0 Å². The van der Waals surface area contributed by atoms with Crippen molar-refractivity contribution >= 4 is 18.0 Å². The molecular weight excluding hydrogens is 352 g/mol. The summed E-state index contributed by atoms with van der Waals surface area (Å²) in [7, 11) is 2.83. The molecule has 0 heterocycles. The first-order chi connectivity index (χ1) is 12.6. The molecule has 150 valence electrons. The van der Waals surface area contributed by atoms with Crippen LogP contribution in [-0.2, 0) is 30.5 Å². The van der Waals surface area contributed by atoms with Crippen LogP contribution in [0.1, 0.15) is 39.2 Å². The number of benzene rings is 1. The summed E-state index contributed by atoms with van der Waals surface area (Å²) in [5.41, 5.74) is 0.103. The van der Waals surface area contributed by atoms with Gasteiger partial charge in [0.15, 0.2) is 0 Å². The molecule has 1 N–H and O–H groups in total. The van der Waals surface area contributed by atoms with Crippen molar-refractivity contribution < 1.29 is 28.7 Å². The highest BCUT2D eigenvalue weighted by atomic mass is 16.7. The zero-order valence-corrected chi connectivity index (χ0v) is 16.5. The number of carbonyl (C=O) groups is 3. The minimum atomic E-state index is -1.02.